The van der Waals surface area contributed by atoms with Gasteiger partial charge >= 0.3 is 12.4 Å². The van der Waals surface area contributed by atoms with Crippen LogP contribution in [0.5, 0.6) is 0 Å². The molecule has 210 valence electrons. The van der Waals surface area contributed by atoms with E-state index in [0.717, 1.165) is 11.2 Å². The van der Waals surface area contributed by atoms with Crippen molar-refractivity contribution in [2.24, 2.45) is 5.92 Å². The molecular formula is C25H27F7N2O3S. The van der Waals surface area contributed by atoms with E-state index in [-0.39, 0.29) is 31.1 Å². The number of sulfonamides is 1. The molecule has 1 heterocycles. The lowest BCUT2D eigenvalue weighted by Crippen LogP contribution is -2.48. The molecule has 38 heavy (non-hydrogen) atoms. The predicted molar refractivity (Wildman–Crippen MR) is 126 cm³/mol. The first-order valence-corrected chi connectivity index (χ1v) is 13.4. The molecule has 0 bridgehead atoms. The highest BCUT2D eigenvalue weighted by Crippen LogP contribution is 2.40. The van der Waals surface area contributed by atoms with Gasteiger partial charge in [-0.05, 0) is 67.3 Å². The summed E-state index contributed by atoms with van der Waals surface area (Å²) >= 11 is 0. The second-order valence-corrected chi connectivity index (χ2v) is 11.6. The first-order valence-electron chi connectivity index (χ1n) is 11.6. The number of hydrogen-bond donors (Lipinski definition) is 0. The third kappa shape index (κ3) is 6.48. The van der Waals surface area contributed by atoms with Crippen molar-refractivity contribution in [1.29, 1.82) is 0 Å². The van der Waals surface area contributed by atoms with Crippen molar-refractivity contribution < 1.29 is 43.9 Å². The van der Waals surface area contributed by atoms with Gasteiger partial charge in [0, 0.05) is 32.0 Å². The monoisotopic (exact) mass is 568 g/mol. The molecule has 0 saturated carbocycles. The highest BCUT2D eigenvalue weighted by molar-refractivity contribution is 7.88. The molecule has 13 heteroatoms. The molecule has 0 aliphatic carbocycles. The molecule has 3 atom stereocenters. The van der Waals surface area contributed by atoms with Crippen molar-refractivity contribution in [3.8, 4) is 0 Å². The van der Waals surface area contributed by atoms with Crippen molar-refractivity contribution >= 4 is 15.9 Å². The zero-order valence-electron chi connectivity index (χ0n) is 21.0. The fourth-order valence-corrected chi connectivity index (χ4v) is 5.65. The van der Waals surface area contributed by atoms with E-state index in [9.17, 15) is 43.9 Å². The molecule has 5 nitrogen and oxygen atoms in total. The maximum atomic E-state index is 13.7. The molecule has 2 aromatic rings. The van der Waals surface area contributed by atoms with Gasteiger partial charge in [0.05, 0.1) is 23.4 Å². The number of halogens is 7. The van der Waals surface area contributed by atoms with Crippen LogP contribution in [0.15, 0.2) is 36.4 Å². The van der Waals surface area contributed by atoms with Crippen LogP contribution < -0.4 is 0 Å². The second-order valence-electron chi connectivity index (χ2n) is 9.59. The molecule has 1 saturated heterocycles. The van der Waals surface area contributed by atoms with Crippen LogP contribution >= 0.6 is 0 Å². The molecule has 0 aromatic heterocycles. The first-order chi connectivity index (χ1) is 17.3. The number of alkyl halides is 6. The summed E-state index contributed by atoms with van der Waals surface area (Å²) in [5, 5.41) is 0. The topological polar surface area (TPSA) is 57.7 Å². The van der Waals surface area contributed by atoms with Crippen LogP contribution in [0.3, 0.4) is 0 Å². The van der Waals surface area contributed by atoms with E-state index >= 15 is 0 Å². The Morgan fingerprint density at radius 2 is 1.58 bits per heavy atom. The molecule has 2 unspecified atom stereocenters. The van der Waals surface area contributed by atoms with Crippen molar-refractivity contribution in [3.05, 3.63) is 70.0 Å². The number of aryl methyl sites for hydroxylation is 1. The van der Waals surface area contributed by atoms with E-state index in [1.54, 1.807) is 6.92 Å². The lowest BCUT2D eigenvalue weighted by atomic mass is 9.78. The Bertz CT molecular complexity index is 1280. The molecule has 0 N–H and O–H groups in total. The lowest BCUT2D eigenvalue weighted by Gasteiger charge is -2.40. The van der Waals surface area contributed by atoms with E-state index in [4.69, 9.17) is 0 Å². The van der Waals surface area contributed by atoms with Gasteiger partial charge in [-0.1, -0.05) is 6.07 Å². The number of hydrogen-bond acceptors (Lipinski definition) is 3. The largest absolute Gasteiger partial charge is 0.416 e. The van der Waals surface area contributed by atoms with E-state index in [1.165, 1.54) is 36.5 Å². The van der Waals surface area contributed by atoms with Gasteiger partial charge in [0.25, 0.3) is 0 Å². The highest BCUT2D eigenvalue weighted by atomic mass is 32.2. The van der Waals surface area contributed by atoms with Gasteiger partial charge in [0.1, 0.15) is 5.82 Å². The Hall–Kier alpha value is -2.67. The van der Waals surface area contributed by atoms with Crippen LogP contribution in [0.25, 0.3) is 0 Å². The van der Waals surface area contributed by atoms with Crippen molar-refractivity contribution in [2.75, 3.05) is 26.4 Å². The van der Waals surface area contributed by atoms with Crippen molar-refractivity contribution in [1.82, 2.24) is 9.21 Å². The van der Waals surface area contributed by atoms with Crippen LogP contribution in [0.4, 0.5) is 30.7 Å². The lowest BCUT2D eigenvalue weighted by molar-refractivity contribution is -0.143. The van der Waals surface area contributed by atoms with Crippen LogP contribution in [-0.4, -0.2) is 49.9 Å². The summed E-state index contributed by atoms with van der Waals surface area (Å²) in [6.45, 7) is 2.83. The number of amides is 1. The molecule has 1 fully saturated rings. The number of carbonyl (C=O) groups excluding carboxylic acids is 1. The van der Waals surface area contributed by atoms with Crippen LogP contribution in [0.1, 0.15) is 53.1 Å². The molecule has 3 rings (SSSR count). The summed E-state index contributed by atoms with van der Waals surface area (Å²) in [5.74, 6) is -2.67. The molecule has 1 aliphatic heterocycles. The van der Waals surface area contributed by atoms with Crippen molar-refractivity contribution in [2.45, 2.75) is 44.6 Å². The molecular weight excluding hydrogens is 541 g/mol. The quantitative estimate of drug-likeness (QED) is 0.432. The summed E-state index contributed by atoms with van der Waals surface area (Å²) in [7, 11) is -2.36. The molecule has 1 aliphatic rings. The van der Waals surface area contributed by atoms with Gasteiger partial charge < -0.3 is 4.90 Å². The van der Waals surface area contributed by atoms with Crippen molar-refractivity contribution in [3.63, 3.8) is 0 Å². The van der Waals surface area contributed by atoms with Crippen LogP contribution in [0, 0.1) is 18.7 Å². The third-order valence-corrected chi connectivity index (χ3v) is 8.28. The first kappa shape index (κ1) is 29.9. The fraction of sp³-hybridized carbons (Fsp3) is 0.480. The fourth-order valence-electron chi connectivity index (χ4n) is 4.79. The van der Waals surface area contributed by atoms with E-state index in [0.29, 0.717) is 23.3 Å². The molecule has 0 spiro atoms. The number of nitrogens with zero attached hydrogens (tertiary/aromatic N) is 2. The van der Waals surface area contributed by atoms with E-state index in [1.807, 2.05) is 0 Å². The number of piperidine rings is 1. The zero-order valence-corrected chi connectivity index (χ0v) is 21.8. The molecule has 1 amide bonds. The third-order valence-electron chi connectivity index (χ3n) is 7.01. The van der Waals surface area contributed by atoms with Gasteiger partial charge in [0.15, 0.2) is 0 Å². The van der Waals surface area contributed by atoms with Gasteiger partial charge in [-0.25, -0.2) is 17.1 Å². The Balaban J connectivity index is 2.00. The SMILES string of the molecule is Cc1cc(F)ccc1C1CN(S(C)(=O)=O)CCC1C(=O)N(C)[C@H](C)c1cc(C(F)(F)F)cc(C(F)(F)F)c1. The standard InChI is InChI=1S/C25H27F7N2O3S/c1-14-9-19(26)5-6-20(14)22-13-34(38(4,36)37)8-7-21(22)23(35)33(3)15(2)16-10-17(24(27,28)29)12-18(11-16)25(30,31)32/h5-6,9-12,15,21-22H,7-8,13H2,1-4H3/t15-,21?,22?/m1/s1. The summed E-state index contributed by atoms with van der Waals surface area (Å²) in [6.07, 6.45) is -9.01. The average Bonchev–Trinajstić information content (AvgIpc) is 2.80. The predicted octanol–water partition coefficient (Wildman–Crippen LogP) is 5.76. The highest BCUT2D eigenvalue weighted by Gasteiger charge is 2.41. The summed E-state index contributed by atoms with van der Waals surface area (Å²) in [6, 6.07) is 3.88. The Morgan fingerprint density at radius 3 is 2.05 bits per heavy atom. The minimum atomic E-state index is -5.04. The number of rotatable bonds is 5. The number of carbonyl (C=O) groups is 1. The van der Waals surface area contributed by atoms with E-state index in [2.05, 4.69) is 0 Å². The van der Waals surface area contributed by atoms with Crippen LogP contribution in [-0.2, 0) is 27.2 Å². The smallest absolute Gasteiger partial charge is 0.339 e. The van der Waals surface area contributed by atoms with Gasteiger partial charge in [0.2, 0.25) is 15.9 Å². The summed E-state index contributed by atoms with van der Waals surface area (Å²) < 4.78 is 120. The Kier molecular flexibility index (Phi) is 8.24. The normalized spacial score (nSPS) is 20.3. The van der Waals surface area contributed by atoms with E-state index < -0.39 is 63.1 Å². The Labute approximate surface area is 216 Å². The number of benzene rings is 2. The minimum Gasteiger partial charge on any atom is -0.339 e. The van der Waals surface area contributed by atoms with Gasteiger partial charge in [-0.3, -0.25) is 4.79 Å². The maximum Gasteiger partial charge on any atom is 0.416 e. The van der Waals surface area contributed by atoms with Crippen LogP contribution in [0.2, 0.25) is 0 Å². The Morgan fingerprint density at radius 1 is 1.03 bits per heavy atom. The maximum absolute atomic E-state index is 13.7. The minimum absolute atomic E-state index is 0.00398. The summed E-state index contributed by atoms with van der Waals surface area (Å²) in [5.41, 5.74) is -2.33. The molecule has 0 radical (unpaired) electrons. The second kappa shape index (κ2) is 10.5. The molecule has 2 aromatic carbocycles. The zero-order chi connectivity index (χ0) is 28.8. The van der Waals surface area contributed by atoms with Gasteiger partial charge in [-0.2, -0.15) is 26.3 Å². The average molecular weight is 569 g/mol. The van der Waals surface area contributed by atoms with Gasteiger partial charge in [-0.15, -0.1) is 0 Å². The summed E-state index contributed by atoms with van der Waals surface area (Å²) in [4.78, 5) is 14.7.